The Labute approximate surface area is 145 Å². The highest BCUT2D eigenvalue weighted by atomic mass is 35.5. The van der Waals surface area contributed by atoms with Gasteiger partial charge < -0.3 is 0 Å². The van der Waals surface area contributed by atoms with Gasteiger partial charge in [-0.2, -0.15) is 20.0 Å². The molecule has 2 rings (SSSR count). The van der Waals surface area contributed by atoms with Gasteiger partial charge in [-0.3, -0.25) is 0 Å². The van der Waals surface area contributed by atoms with E-state index in [1.54, 1.807) is 18.2 Å². The Balaban J connectivity index is 0.000000251. The highest BCUT2D eigenvalue weighted by molar-refractivity contribution is 6.33. The number of carbonyl (C=O) groups excluding carboxylic acids is 4. The maximum atomic E-state index is 9.94. The summed E-state index contributed by atoms with van der Waals surface area (Å²) in [6, 6.07) is 10.7. The Bertz CT molecular complexity index is 917. The molecule has 0 heterocycles. The fourth-order valence-corrected chi connectivity index (χ4v) is 1.66. The second-order valence-corrected chi connectivity index (χ2v) is 4.38. The third kappa shape index (κ3) is 6.91. The molecule has 0 N–H and O–H groups in total. The number of hydrogen-bond acceptors (Lipinski definition) is 8. The second kappa shape index (κ2) is 10.9. The summed E-state index contributed by atoms with van der Waals surface area (Å²) in [6.45, 7) is 0. The van der Waals surface area contributed by atoms with E-state index in [4.69, 9.17) is 11.6 Å². The summed E-state index contributed by atoms with van der Waals surface area (Å²) in [5.74, 6) is 0. The van der Waals surface area contributed by atoms with Crippen LogP contribution in [0.5, 0.6) is 0 Å². The molecule has 0 aliphatic rings. The number of isocyanates is 4. The lowest BCUT2D eigenvalue weighted by molar-refractivity contribution is 0.564. The Morgan fingerprint density at radius 2 is 1.12 bits per heavy atom. The van der Waals surface area contributed by atoms with E-state index < -0.39 is 0 Å². The molecule has 8 nitrogen and oxygen atoms in total. The topological polar surface area (TPSA) is 118 Å². The molecule has 0 saturated carbocycles. The van der Waals surface area contributed by atoms with Crippen LogP contribution in [0.3, 0.4) is 0 Å². The average Bonchev–Trinajstić information content (AvgIpc) is 2.60. The average molecular weight is 355 g/mol. The third-order valence-electron chi connectivity index (χ3n) is 2.45. The van der Waals surface area contributed by atoms with E-state index in [9.17, 15) is 19.2 Å². The van der Waals surface area contributed by atoms with Crippen molar-refractivity contribution in [2.24, 2.45) is 20.0 Å². The molecule has 0 atom stereocenters. The van der Waals surface area contributed by atoms with E-state index in [-0.39, 0.29) is 5.69 Å². The van der Waals surface area contributed by atoms with Crippen molar-refractivity contribution in [2.45, 2.75) is 0 Å². The van der Waals surface area contributed by atoms with Crippen LogP contribution in [0.1, 0.15) is 0 Å². The normalized spacial score (nSPS) is 8.20. The molecule has 2 aromatic rings. The van der Waals surface area contributed by atoms with Crippen LogP contribution in [0.2, 0.25) is 5.02 Å². The Morgan fingerprint density at radius 3 is 1.60 bits per heavy atom. The van der Waals surface area contributed by atoms with Crippen molar-refractivity contribution < 1.29 is 19.2 Å². The predicted octanol–water partition coefficient (Wildman–Crippen LogP) is 3.90. The van der Waals surface area contributed by atoms with Gasteiger partial charge in [0.2, 0.25) is 24.3 Å². The first-order valence-corrected chi connectivity index (χ1v) is 6.73. The molecule has 0 aliphatic heterocycles. The second-order valence-electron chi connectivity index (χ2n) is 3.97. The van der Waals surface area contributed by atoms with Crippen molar-refractivity contribution in [1.29, 1.82) is 0 Å². The van der Waals surface area contributed by atoms with Gasteiger partial charge in [-0.05, 0) is 36.4 Å². The predicted molar refractivity (Wildman–Crippen MR) is 89.0 cm³/mol. The summed E-state index contributed by atoms with van der Waals surface area (Å²) in [6.07, 6.45) is 5.49. The Kier molecular flexibility index (Phi) is 8.41. The molecule has 122 valence electrons. The summed E-state index contributed by atoms with van der Waals surface area (Å²) in [5, 5.41) is 0.299. The highest BCUT2D eigenvalue weighted by Crippen LogP contribution is 2.28. The smallest absolute Gasteiger partial charge is 0.211 e. The van der Waals surface area contributed by atoms with Crippen LogP contribution in [0, 0.1) is 0 Å². The number of halogens is 1. The minimum absolute atomic E-state index is 0.230. The zero-order valence-electron chi connectivity index (χ0n) is 12.3. The molecular weight excluding hydrogens is 348 g/mol. The molecule has 2 aromatic carbocycles. The van der Waals surface area contributed by atoms with Crippen molar-refractivity contribution in [3.63, 3.8) is 0 Å². The molecule has 0 saturated heterocycles. The molecular formula is C16H7ClN4O4. The highest BCUT2D eigenvalue weighted by Gasteiger charge is 1.99. The maximum Gasteiger partial charge on any atom is 0.240 e. The van der Waals surface area contributed by atoms with Gasteiger partial charge in [0.15, 0.2) is 0 Å². The van der Waals surface area contributed by atoms with E-state index in [0.717, 1.165) is 0 Å². The summed E-state index contributed by atoms with van der Waals surface area (Å²) in [5.41, 5.74) is 1.41. The monoisotopic (exact) mass is 354 g/mol. The number of hydrogen-bond donors (Lipinski definition) is 0. The quantitative estimate of drug-likeness (QED) is 0.611. The molecule has 0 fully saturated rings. The van der Waals surface area contributed by atoms with Crippen molar-refractivity contribution in [3.8, 4) is 0 Å². The van der Waals surface area contributed by atoms with Gasteiger partial charge in [-0.25, -0.2) is 19.2 Å². The molecule has 0 aromatic heterocycles. The first-order valence-electron chi connectivity index (χ1n) is 6.35. The zero-order valence-corrected chi connectivity index (χ0v) is 13.1. The van der Waals surface area contributed by atoms with Crippen LogP contribution < -0.4 is 0 Å². The summed E-state index contributed by atoms with van der Waals surface area (Å²) in [7, 11) is 0. The van der Waals surface area contributed by atoms with E-state index in [1.165, 1.54) is 48.6 Å². The van der Waals surface area contributed by atoms with E-state index in [0.29, 0.717) is 22.1 Å². The zero-order chi connectivity index (χ0) is 18.5. The van der Waals surface area contributed by atoms with Crippen LogP contribution in [0.25, 0.3) is 0 Å². The number of nitrogens with zero attached hydrogens (tertiary/aromatic N) is 4. The van der Waals surface area contributed by atoms with Crippen molar-refractivity contribution in [1.82, 2.24) is 0 Å². The molecule has 25 heavy (non-hydrogen) atoms. The molecule has 9 heteroatoms. The van der Waals surface area contributed by atoms with Crippen LogP contribution >= 0.6 is 11.6 Å². The number of rotatable bonds is 4. The number of aliphatic imine (C=N–C) groups is 4. The lowest BCUT2D eigenvalue weighted by atomic mass is 10.3. The lowest BCUT2D eigenvalue weighted by Crippen LogP contribution is -1.68. The molecule has 0 amide bonds. The van der Waals surface area contributed by atoms with Gasteiger partial charge in [-0.1, -0.05) is 17.7 Å². The van der Waals surface area contributed by atoms with Crippen molar-refractivity contribution >= 4 is 58.7 Å². The van der Waals surface area contributed by atoms with Crippen molar-refractivity contribution in [3.05, 3.63) is 47.5 Å². The Morgan fingerprint density at radius 1 is 0.640 bits per heavy atom. The molecule has 0 bridgehead atoms. The fraction of sp³-hybridized carbons (Fsp3) is 0. The molecule has 0 radical (unpaired) electrons. The Hall–Kier alpha value is -3.75. The minimum atomic E-state index is 0.230. The number of benzene rings is 2. The summed E-state index contributed by atoms with van der Waals surface area (Å²) < 4.78 is 0. The van der Waals surface area contributed by atoms with E-state index >= 15 is 0 Å². The third-order valence-corrected chi connectivity index (χ3v) is 2.77. The van der Waals surface area contributed by atoms with Gasteiger partial charge in [0.1, 0.15) is 0 Å². The SMILES string of the molecule is O=C=Nc1ccc(Cl)c(N=C=O)c1.O=C=Nc1cccc(N=C=O)c1. The summed E-state index contributed by atoms with van der Waals surface area (Å²) in [4.78, 5) is 52.9. The summed E-state index contributed by atoms with van der Waals surface area (Å²) >= 11 is 5.66. The molecule has 0 aliphatic carbocycles. The van der Waals surface area contributed by atoms with Gasteiger partial charge in [0, 0.05) is 0 Å². The van der Waals surface area contributed by atoms with E-state index in [1.807, 2.05) is 0 Å². The van der Waals surface area contributed by atoms with Crippen molar-refractivity contribution in [2.75, 3.05) is 0 Å². The lowest BCUT2D eigenvalue weighted by Gasteiger charge is -1.95. The van der Waals surface area contributed by atoms with Gasteiger partial charge in [-0.15, -0.1) is 0 Å². The molecule has 0 unspecified atom stereocenters. The van der Waals surface area contributed by atoms with Crippen LogP contribution in [-0.2, 0) is 19.2 Å². The van der Waals surface area contributed by atoms with Gasteiger partial charge in [0.05, 0.1) is 27.8 Å². The first-order chi connectivity index (χ1) is 12.1. The standard InChI is InChI=1S/C8H3ClN2O2.C8H4N2O2/c9-7-2-1-6(10-4-12)3-8(7)11-5-13;11-5-9-7-2-1-3-8(4-7)10-6-12/h1-3H;1-4H. The molecule has 0 spiro atoms. The van der Waals surface area contributed by atoms with Gasteiger partial charge in [0.25, 0.3) is 0 Å². The largest absolute Gasteiger partial charge is 0.240 e. The first kappa shape index (κ1) is 19.3. The van der Waals surface area contributed by atoms with Gasteiger partial charge >= 0.3 is 0 Å². The maximum absolute atomic E-state index is 9.94. The van der Waals surface area contributed by atoms with Crippen LogP contribution in [0.4, 0.5) is 22.7 Å². The fourth-order valence-electron chi connectivity index (χ4n) is 1.50. The minimum Gasteiger partial charge on any atom is -0.211 e. The van der Waals surface area contributed by atoms with E-state index in [2.05, 4.69) is 20.0 Å². The van der Waals surface area contributed by atoms with Crippen LogP contribution in [-0.4, -0.2) is 24.3 Å². The van der Waals surface area contributed by atoms with Crippen LogP contribution in [0.15, 0.2) is 62.4 Å².